The SMILES string of the molecule is O=C(Nc1ccc(CCN2CCCCC2)cc1)C1=C2[NH+]=[S-](=O)[N+](c3ccc(Oc4ccccc4)c(F)c3)=C3N=CNC(=C1)C23. The molecule has 3 heterocycles. The van der Waals surface area contributed by atoms with Gasteiger partial charge in [0.05, 0.1) is 0 Å². The number of halogens is 1. The molecule has 1 saturated heterocycles. The number of para-hydroxylation sites is 1. The smallest absolute Gasteiger partial charge is 0.308 e. The Kier molecular flexibility index (Phi) is 7.80. The van der Waals surface area contributed by atoms with Gasteiger partial charge in [0, 0.05) is 24.0 Å². The van der Waals surface area contributed by atoms with E-state index in [9.17, 15) is 9.00 Å². The Balaban J connectivity index is 1.10. The number of carbonyl (C=O) groups excluding carboxylic acids is 1. The lowest BCUT2D eigenvalue weighted by molar-refractivity contribution is -0.427. The molecule has 3 aromatic carbocycles. The van der Waals surface area contributed by atoms with E-state index >= 15 is 4.39 Å². The molecule has 1 aliphatic carbocycles. The number of nitrogens with zero attached hydrogens (tertiary/aromatic N) is 3. The van der Waals surface area contributed by atoms with Gasteiger partial charge < -0.3 is 24.5 Å². The number of hydrogen-bond acceptors (Lipinski definition) is 7. The standard InChI is InChI=1S/C33H31FN6O3S/c34-27-19-24(13-14-29(27)43-25-7-3-1-4-8-25)40-32-30-28(35-21-36-32)20-26(31(30)38-44(40)42)33(41)37-23-11-9-22(10-12-23)15-18-39-16-5-2-6-17-39/h1,3-4,7-14,19-21,30,38H,2,5-6,15-18H2,(H-,35,36,37,41,42)/p+1. The molecule has 11 heteroatoms. The molecule has 3 aromatic rings. The Morgan fingerprint density at radius 1 is 1.09 bits per heavy atom. The summed E-state index contributed by atoms with van der Waals surface area (Å²) >= 11 is 0. The van der Waals surface area contributed by atoms with Gasteiger partial charge in [0.2, 0.25) is 6.34 Å². The first kappa shape index (κ1) is 28.2. The fourth-order valence-corrected chi connectivity index (χ4v) is 7.06. The monoisotopic (exact) mass is 611 g/mol. The second kappa shape index (κ2) is 12.2. The average Bonchev–Trinajstić information content (AvgIpc) is 3.42. The van der Waals surface area contributed by atoms with Crippen LogP contribution in [0.25, 0.3) is 0 Å². The Morgan fingerprint density at radius 3 is 2.66 bits per heavy atom. The molecule has 7 rings (SSSR count). The van der Waals surface area contributed by atoms with Crippen LogP contribution >= 0.6 is 0 Å². The number of anilines is 1. The second-order valence-corrected chi connectivity index (χ2v) is 12.2. The lowest BCUT2D eigenvalue weighted by Gasteiger charge is -2.26. The second-order valence-electron chi connectivity index (χ2n) is 11.1. The summed E-state index contributed by atoms with van der Waals surface area (Å²) in [5.41, 5.74) is 3.79. The molecule has 0 aromatic heterocycles. The molecule has 44 heavy (non-hydrogen) atoms. The summed E-state index contributed by atoms with van der Waals surface area (Å²) in [6, 6.07) is 21.2. The van der Waals surface area contributed by atoms with Gasteiger partial charge in [0.25, 0.3) is 5.91 Å². The van der Waals surface area contributed by atoms with Gasteiger partial charge >= 0.3 is 5.84 Å². The van der Waals surface area contributed by atoms with Crippen LogP contribution in [0.5, 0.6) is 11.5 Å². The van der Waals surface area contributed by atoms with Crippen molar-refractivity contribution < 1.29 is 26.5 Å². The first-order valence-electron chi connectivity index (χ1n) is 14.8. The molecular weight excluding hydrogens is 579 g/mol. The predicted molar refractivity (Wildman–Crippen MR) is 166 cm³/mol. The number of rotatable bonds is 8. The number of benzene rings is 3. The Labute approximate surface area is 256 Å². The average molecular weight is 612 g/mol. The lowest BCUT2D eigenvalue weighted by Crippen LogP contribution is -2.73. The van der Waals surface area contributed by atoms with E-state index in [-0.39, 0.29) is 11.7 Å². The number of carbonyl (C=O) groups is 1. The number of ether oxygens (including phenoxy) is 1. The van der Waals surface area contributed by atoms with Crippen LogP contribution in [0.3, 0.4) is 0 Å². The molecule has 9 nitrogen and oxygen atoms in total. The summed E-state index contributed by atoms with van der Waals surface area (Å²) < 4.78 is 38.7. The fraction of sp³-hybridized carbons (Fsp3) is 0.242. The normalized spacial score (nSPS) is 19.7. The Morgan fingerprint density at radius 2 is 1.89 bits per heavy atom. The number of amides is 1. The zero-order valence-electron chi connectivity index (χ0n) is 24.0. The highest BCUT2D eigenvalue weighted by Gasteiger charge is 2.47. The minimum Gasteiger partial charge on any atom is -0.454 e. The van der Waals surface area contributed by atoms with Gasteiger partial charge in [-0.1, -0.05) is 36.8 Å². The largest absolute Gasteiger partial charge is 0.454 e. The van der Waals surface area contributed by atoms with E-state index in [1.54, 1.807) is 36.4 Å². The number of hydrogen-bond donors (Lipinski definition) is 3. The number of aliphatic imine (C=N–C) groups is 1. The lowest BCUT2D eigenvalue weighted by atomic mass is 10.0. The third-order valence-corrected chi connectivity index (χ3v) is 9.31. The number of likely N-dealkylation sites (tertiary alicyclic amines) is 1. The summed E-state index contributed by atoms with van der Waals surface area (Å²) in [5, 5.41) is 6.08. The topological polar surface area (TPSA) is 100 Å². The van der Waals surface area contributed by atoms with Crippen LogP contribution in [0, 0.1) is 11.7 Å². The van der Waals surface area contributed by atoms with E-state index in [0.29, 0.717) is 39.9 Å². The van der Waals surface area contributed by atoms with Crippen LogP contribution in [-0.4, -0.2) is 46.6 Å². The van der Waals surface area contributed by atoms with E-state index in [4.69, 9.17) is 4.74 Å². The van der Waals surface area contributed by atoms with Crippen molar-refractivity contribution in [3.8, 4) is 11.5 Å². The van der Waals surface area contributed by atoms with Crippen molar-refractivity contribution in [2.75, 3.05) is 25.0 Å². The van der Waals surface area contributed by atoms with E-state index in [2.05, 4.69) is 24.9 Å². The van der Waals surface area contributed by atoms with E-state index in [1.165, 1.54) is 60.4 Å². The van der Waals surface area contributed by atoms with Gasteiger partial charge in [0.1, 0.15) is 17.0 Å². The summed E-state index contributed by atoms with van der Waals surface area (Å²) in [5.74, 6) is -0.452. The maximum absolute atomic E-state index is 15.1. The van der Waals surface area contributed by atoms with Crippen LogP contribution < -0.4 is 19.7 Å². The summed E-state index contributed by atoms with van der Waals surface area (Å²) in [6.07, 6.45) is 8.07. The van der Waals surface area contributed by atoms with E-state index in [0.717, 1.165) is 13.0 Å². The molecule has 0 bridgehead atoms. The van der Waals surface area contributed by atoms with Gasteiger partial charge in [-0.2, -0.15) is 0 Å². The van der Waals surface area contributed by atoms with Crippen LogP contribution in [-0.2, 0) is 26.2 Å². The molecule has 1 unspecified atom stereocenters. The van der Waals surface area contributed by atoms with Crippen molar-refractivity contribution in [1.29, 1.82) is 0 Å². The van der Waals surface area contributed by atoms with Crippen molar-refractivity contribution in [3.05, 3.63) is 107 Å². The Bertz CT molecular complexity index is 1820. The van der Waals surface area contributed by atoms with Gasteiger partial charge in [0.15, 0.2) is 34.0 Å². The minimum atomic E-state index is -1.87. The molecule has 1 amide bonds. The summed E-state index contributed by atoms with van der Waals surface area (Å²) in [7, 11) is -1.87. The van der Waals surface area contributed by atoms with Gasteiger partial charge in [-0.3, -0.25) is 9.16 Å². The molecule has 1 atom stereocenters. The van der Waals surface area contributed by atoms with Crippen molar-refractivity contribution in [1.82, 2.24) is 10.2 Å². The molecule has 0 spiro atoms. The fourth-order valence-electron chi connectivity index (χ4n) is 5.93. The predicted octanol–water partition coefficient (Wildman–Crippen LogP) is 3.88. The maximum atomic E-state index is 15.1. The van der Waals surface area contributed by atoms with Gasteiger partial charge in [-0.15, -0.1) is 0 Å². The molecule has 3 aliphatic heterocycles. The zero-order valence-corrected chi connectivity index (χ0v) is 24.8. The van der Waals surface area contributed by atoms with Crippen molar-refractivity contribution >= 4 is 40.2 Å². The van der Waals surface area contributed by atoms with Crippen LogP contribution in [0.4, 0.5) is 15.8 Å². The van der Waals surface area contributed by atoms with Crippen LogP contribution in [0.2, 0.25) is 0 Å². The molecule has 3 N–H and O–H groups in total. The molecule has 224 valence electrons. The zero-order chi connectivity index (χ0) is 30.0. The molecule has 0 radical (unpaired) electrons. The van der Waals surface area contributed by atoms with Gasteiger partial charge in [-0.05, 0) is 85.4 Å². The Hall–Kier alpha value is -4.61. The van der Waals surface area contributed by atoms with Crippen molar-refractivity contribution in [2.24, 2.45) is 10.9 Å². The number of amidine groups is 1. The highest BCUT2D eigenvalue weighted by atomic mass is 32.2. The highest BCUT2D eigenvalue weighted by Crippen LogP contribution is 2.34. The van der Waals surface area contributed by atoms with E-state index in [1.807, 2.05) is 30.3 Å². The molecular formula is C33H32FN6O3S+. The van der Waals surface area contributed by atoms with Crippen LogP contribution in [0.15, 0.2) is 101 Å². The molecule has 4 aliphatic rings. The molecule has 1 fully saturated rings. The van der Waals surface area contributed by atoms with Gasteiger partial charge in [-0.25, -0.2) is 8.37 Å². The first-order valence-corrected chi connectivity index (χ1v) is 15.9. The third-order valence-electron chi connectivity index (χ3n) is 8.19. The maximum Gasteiger partial charge on any atom is 0.308 e. The summed E-state index contributed by atoms with van der Waals surface area (Å²) in [4.78, 5) is 20.4. The minimum absolute atomic E-state index is 0.0468. The van der Waals surface area contributed by atoms with Crippen LogP contribution in [0.1, 0.15) is 24.8 Å². The summed E-state index contributed by atoms with van der Waals surface area (Å²) in [6.45, 7) is 3.39. The highest BCUT2D eigenvalue weighted by molar-refractivity contribution is 7.65. The quantitative estimate of drug-likeness (QED) is 0.265. The van der Waals surface area contributed by atoms with Crippen molar-refractivity contribution in [2.45, 2.75) is 25.7 Å². The number of nitrogens with one attached hydrogen (secondary N) is 3. The number of piperidine rings is 1. The first-order chi connectivity index (χ1) is 21.5. The van der Waals surface area contributed by atoms with E-state index < -0.39 is 22.5 Å². The van der Waals surface area contributed by atoms with Crippen molar-refractivity contribution in [3.63, 3.8) is 0 Å². The third kappa shape index (κ3) is 5.68. The molecule has 0 saturated carbocycles.